The minimum Gasteiger partial charge on any atom is -0.356 e. The number of nitrogens with one attached hydrogen (secondary N) is 1. The predicted molar refractivity (Wildman–Crippen MR) is 108 cm³/mol. The van der Waals surface area contributed by atoms with Gasteiger partial charge in [-0.1, -0.05) is 43.2 Å². The van der Waals surface area contributed by atoms with E-state index in [1.807, 2.05) is 31.2 Å². The van der Waals surface area contributed by atoms with E-state index in [1.54, 1.807) is 17.0 Å². The van der Waals surface area contributed by atoms with Crippen LogP contribution in [0.25, 0.3) is 0 Å². The third kappa shape index (κ3) is 4.58. The van der Waals surface area contributed by atoms with Crippen LogP contribution in [0.2, 0.25) is 0 Å². The first-order valence-electron chi connectivity index (χ1n) is 9.88. The molecule has 5 heteroatoms. The lowest BCUT2D eigenvalue weighted by Crippen LogP contribution is -2.36. The summed E-state index contributed by atoms with van der Waals surface area (Å²) < 4.78 is 13.3. The van der Waals surface area contributed by atoms with Crippen LogP contribution in [0.15, 0.2) is 48.5 Å². The first kappa shape index (κ1) is 20.1. The van der Waals surface area contributed by atoms with Crippen LogP contribution >= 0.6 is 0 Å². The van der Waals surface area contributed by atoms with Gasteiger partial charge in [0.05, 0.1) is 5.92 Å². The number of hydrogen-bond acceptors (Lipinski definition) is 2. The maximum Gasteiger partial charge on any atom is 0.253 e. The Labute approximate surface area is 165 Å². The van der Waals surface area contributed by atoms with E-state index in [0.29, 0.717) is 25.2 Å². The molecule has 1 saturated heterocycles. The zero-order chi connectivity index (χ0) is 20.1. The van der Waals surface area contributed by atoms with E-state index in [9.17, 15) is 14.0 Å². The average molecular weight is 382 g/mol. The number of carbonyl (C=O) groups excluding carboxylic acids is 2. The molecule has 1 aliphatic heterocycles. The summed E-state index contributed by atoms with van der Waals surface area (Å²) in [6.07, 6.45) is 1.93. The maximum absolute atomic E-state index is 13.3. The lowest BCUT2D eigenvalue weighted by Gasteiger charge is -2.18. The van der Waals surface area contributed by atoms with Gasteiger partial charge in [0.15, 0.2) is 0 Å². The molecule has 0 unspecified atom stereocenters. The number of rotatable bonds is 6. The molecule has 0 radical (unpaired) electrons. The number of nitrogens with zero attached hydrogens (tertiary/aromatic N) is 1. The van der Waals surface area contributed by atoms with Crippen LogP contribution in [0.3, 0.4) is 0 Å². The molecule has 2 amide bonds. The Morgan fingerprint density at radius 1 is 1.07 bits per heavy atom. The number of aryl methyl sites for hydroxylation is 1. The molecule has 1 aliphatic rings. The molecule has 28 heavy (non-hydrogen) atoms. The summed E-state index contributed by atoms with van der Waals surface area (Å²) in [6, 6.07) is 13.7. The van der Waals surface area contributed by atoms with Crippen molar-refractivity contribution >= 4 is 11.8 Å². The third-order valence-electron chi connectivity index (χ3n) is 5.37. The van der Waals surface area contributed by atoms with E-state index < -0.39 is 0 Å². The molecule has 148 valence electrons. The number of halogens is 1. The Morgan fingerprint density at radius 2 is 1.75 bits per heavy atom. The summed E-state index contributed by atoms with van der Waals surface area (Å²) in [5.74, 6) is -0.899. The van der Waals surface area contributed by atoms with E-state index in [-0.39, 0.29) is 29.5 Å². The van der Waals surface area contributed by atoms with Gasteiger partial charge in [-0.25, -0.2) is 4.39 Å². The fraction of sp³-hybridized carbons (Fsp3) is 0.391. The number of unbranched alkanes of at least 4 members (excludes halogenated alkanes) is 1. The quantitative estimate of drug-likeness (QED) is 0.770. The van der Waals surface area contributed by atoms with Gasteiger partial charge in [0, 0.05) is 31.1 Å². The second kappa shape index (κ2) is 9.00. The number of hydrogen-bond donors (Lipinski definition) is 1. The average Bonchev–Trinajstić information content (AvgIpc) is 3.14. The fourth-order valence-electron chi connectivity index (χ4n) is 3.68. The molecule has 4 nitrogen and oxygen atoms in total. The van der Waals surface area contributed by atoms with E-state index in [4.69, 9.17) is 0 Å². The molecule has 2 atom stereocenters. The zero-order valence-corrected chi connectivity index (χ0v) is 16.5. The van der Waals surface area contributed by atoms with Gasteiger partial charge in [-0.2, -0.15) is 0 Å². The third-order valence-corrected chi connectivity index (χ3v) is 5.37. The molecule has 1 N–H and O–H groups in total. The lowest BCUT2D eigenvalue weighted by atomic mass is 9.88. The topological polar surface area (TPSA) is 49.4 Å². The van der Waals surface area contributed by atoms with Crippen LogP contribution in [0, 0.1) is 18.7 Å². The van der Waals surface area contributed by atoms with Crippen molar-refractivity contribution in [1.82, 2.24) is 10.2 Å². The highest BCUT2D eigenvalue weighted by Gasteiger charge is 2.40. The van der Waals surface area contributed by atoms with Crippen molar-refractivity contribution in [2.24, 2.45) is 5.92 Å². The fourth-order valence-corrected chi connectivity index (χ4v) is 3.68. The summed E-state index contributed by atoms with van der Waals surface area (Å²) in [7, 11) is 0. The normalized spacial score (nSPS) is 18.9. The molecule has 0 aliphatic carbocycles. The van der Waals surface area contributed by atoms with Crippen LogP contribution in [0.5, 0.6) is 0 Å². The molecular weight excluding hydrogens is 355 g/mol. The van der Waals surface area contributed by atoms with Crippen molar-refractivity contribution < 1.29 is 14.0 Å². The van der Waals surface area contributed by atoms with Crippen molar-refractivity contribution in [3.63, 3.8) is 0 Å². The second-order valence-electron chi connectivity index (χ2n) is 7.49. The first-order valence-corrected chi connectivity index (χ1v) is 9.88. The highest BCUT2D eigenvalue weighted by molar-refractivity contribution is 5.95. The van der Waals surface area contributed by atoms with E-state index in [1.165, 1.54) is 12.1 Å². The summed E-state index contributed by atoms with van der Waals surface area (Å²) in [6.45, 7) is 5.50. The molecule has 2 aromatic rings. The largest absolute Gasteiger partial charge is 0.356 e. The number of benzene rings is 2. The Balaban J connectivity index is 1.81. The van der Waals surface area contributed by atoms with Gasteiger partial charge < -0.3 is 10.2 Å². The first-order chi connectivity index (χ1) is 13.5. The van der Waals surface area contributed by atoms with Crippen molar-refractivity contribution in [2.75, 3.05) is 19.6 Å². The SMILES string of the molecule is CCCCNC(=O)[C@H]1CN(C(=O)c2ccc(C)cc2)C[C@H]1c1ccc(F)cc1. The Kier molecular flexibility index (Phi) is 6.45. The Morgan fingerprint density at radius 3 is 2.39 bits per heavy atom. The molecule has 0 aromatic heterocycles. The molecule has 0 saturated carbocycles. The Bertz CT molecular complexity index is 818. The number of carbonyl (C=O) groups is 2. The molecular formula is C23H27FN2O2. The summed E-state index contributed by atoms with van der Waals surface area (Å²) in [5.41, 5.74) is 2.60. The van der Waals surface area contributed by atoms with E-state index in [2.05, 4.69) is 12.2 Å². The summed E-state index contributed by atoms with van der Waals surface area (Å²) in [5, 5.41) is 2.99. The van der Waals surface area contributed by atoms with Crippen molar-refractivity contribution in [2.45, 2.75) is 32.6 Å². The van der Waals surface area contributed by atoms with Crippen LogP contribution in [-0.4, -0.2) is 36.3 Å². The number of amides is 2. The molecule has 3 rings (SSSR count). The van der Waals surface area contributed by atoms with Gasteiger partial charge in [0.25, 0.3) is 5.91 Å². The summed E-state index contributed by atoms with van der Waals surface area (Å²) in [4.78, 5) is 27.5. The zero-order valence-electron chi connectivity index (χ0n) is 16.5. The minimum atomic E-state index is -0.336. The number of likely N-dealkylation sites (tertiary alicyclic amines) is 1. The van der Waals surface area contributed by atoms with Crippen molar-refractivity contribution in [3.8, 4) is 0 Å². The van der Waals surface area contributed by atoms with E-state index in [0.717, 1.165) is 24.0 Å². The van der Waals surface area contributed by atoms with Gasteiger partial charge in [-0.3, -0.25) is 9.59 Å². The van der Waals surface area contributed by atoms with Crippen molar-refractivity contribution in [1.29, 1.82) is 0 Å². The minimum absolute atomic E-state index is 0.0398. The van der Waals surface area contributed by atoms with Crippen molar-refractivity contribution in [3.05, 3.63) is 71.0 Å². The predicted octanol–water partition coefficient (Wildman–Crippen LogP) is 3.91. The molecule has 2 aromatic carbocycles. The lowest BCUT2D eigenvalue weighted by molar-refractivity contribution is -0.124. The van der Waals surface area contributed by atoms with Gasteiger partial charge >= 0.3 is 0 Å². The maximum atomic E-state index is 13.3. The Hall–Kier alpha value is -2.69. The molecule has 0 bridgehead atoms. The standard InChI is InChI=1S/C23H27FN2O2/c1-3-4-13-25-22(27)21-15-26(23(28)18-7-5-16(2)6-8-18)14-20(21)17-9-11-19(24)12-10-17/h5-12,20-21H,3-4,13-15H2,1-2H3,(H,25,27)/t20-,21-/m0/s1. The van der Waals surface area contributed by atoms with Crippen LogP contribution in [0.1, 0.15) is 47.2 Å². The molecule has 1 heterocycles. The highest BCUT2D eigenvalue weighted by Crippen LogP contribution is 2.34. The van der Waals surface area contributed by atoms with Gasteiger partial charge in [-0.05, 0) is 43.2 Å². The highest BCUT2D eigenvalue weighted by atomic mass is 19.1. The molecule has 0 spiro atoms. The van der Waals surface area contributed by atoms with Gasteiger partial charge in [-0.15, -0.1) is 0 Å². The molecule has 1 fully saturated rings. The smallest absolute Gasteiger partial charge is 0.253 e. The van der Waals surface area contributed by atoms with Crippen LogP contribution in [0.4, 0.5) is 4.39 Å². The van der Waals surface area contributed by atoms with Crippen LogP contribution in [-0.2, 0) is 4.79 Å². The second-order valence-corrected chi connectivity index (χ2v) is 7.49. The summed E-state index contributed by atoms with van der Waals surface area (Å²) >= 11 is 0. The van der Waals surface area contributed by atoms with Crippen LogP contribution < -0.4 is 5.32 Å². The van der Waals surface area contributed by atoms with Gasteiger partial charge in [0.1, 0.15) is 5.82 Å². The van der Waals surface area contributed by atoms with E-state index >= 15 is 0 Å². The monoisotopic (exact) mass is 382 g/mol. The van der Waals surface area contributed by atoms with Gasteiger partial charge in [0.2, 0.25) is 5.91 Å².